The first-order chi connectivity index (χ1) is 16.2. The number of ketones is 1. The van der Waals surface area contributed by atoms with Crippen LogP contribution in [0.25, 0.3) is 0 Å². The van der Waals surface area contributed by atoms with E-state index in [1.165, 1.54) is 23.9 Å². The van der Waals surface area contributed by atoms with Crippen molar-refractivity contribution in [1.29, 1.82) is 0 Å². The van der Waals surface area contributed by atoms with Crippen molar-refractivity contribution in [3.63, 3.8) is 0 Å². The van der Waals surface area contributed by atoms with E-state index < -0.39 is 10.3 Å². The van der Waals surface area contributed by atoms with E-state index >= 15 is 0 Å². The van der Waals surface area contributed by atoms with Crippen LogP contribution in [0.4, 0.5) is 5.82 Å². The topological polar surface area (TPSA) is 124 Å². The normalized spacial score (nSPS) is 18.2. The summed E-state index contributed by atoms with van der Waals surface area (Å²) in [6, 6.07) is 7.38. The summed E-state index contributed by atoms with van der Waals surface area (Å²) in [6.07, 6.45) is 5.78. The van der Waals surface area contributed by atoms with Crippen molar-refractivity contribution in [2.45, 2.75) is 31.7 Å². The fourth-order valence-electron chi connectivity index (χ4n) is 3.96. The number of nitrogens with one attached hydrogen (secondary N) is 1. The summed E-state index contributed by atoms with van der Waals surface area (Å²) in [5.41, 5.74) is 2.38. The van der Waals surface area contributed by atoms with E-state index in [-0.39, 0.29) is 24.3 Å². The molecular weight excluding hydrogens is 519 g/mol. The summed E-state index contributed by atoms with van der Waals surface area (Å²) < 4.78 is 26.8. The highest BCUT2D eigenvalue weighted by Crippen LogP contribution is 2.30. The monoisotopic (exact) mass is 540 g/mol. The minimum absolute atomic E-state index is 0.0316. The number of benzene rings is 1. The van der Waals surface area contributed by atoms with Crippen LogP contribution in [0.1, 0.15) is 45.6 Å². The van der Waals surface area contributed by atoms with Crippen molar-refractivity contribution in [2.24, 2.45) is 11.1 Å². The van der Waals surface area contributed by atoms with Crippen LogP contribution in [-0.4, -0.2) is 36.8 Å². The van der Waals surface area contributed by atoms with Gasteiger partial charge in [0.1, 0.15) is 12.1 Å². The van der Waals surface area contributed by atoms with Crippen LogP contribution in [0.3, 0.4) is 0 Å². The lowest BCUT2D eigenvalue weighted by atomic mass is 10.1. The molecule has 1 fully saturated rings. The molecule has 12 heteroatoms. The Balaban J connectivity index is 1.42. The zero-order valence-corrected chi connectivity index (χ0v) is 21.1. The van der Waals surface area contributed by atoms with E-state index in [1.54, 1.807) is 6.07 Å². The Morgan fingerprint density at radius 1 is 1.21 bits per heavy atom. The van der Waals surface area contributed by atoms with Gasteiger partial charge in [-0.05, 0) is 66.3 Å². The summed E-state index contributed by atoms with van der Waals surface area (Å²) in [7, 11) is -3.96. The molecule has 1 aliphatic carbocycles. The molecule has 0 amide bonds. The zero-order valence-electron chi connectivity index (χ0n) is 17.9. The molecule has 0 spiro atoms. The maximum atomic E-state index is 13.2. The van der Waals surface area contributed by atoms with E-state index in [0.29, 0.717) is 39.1 Å². The van der Waals surface area contributed by atoms with Gasteiger partial charge in [0, 0.05) is 12.2 Å². The molecule has 2 unspecified atom stereocenters. The molecule has 0 radical (unpaired) electrons. The first kappa shape index (κ1) is 25.0. The number of hydrogen-bond acceptors (Lipinski definition) is 8. The molecule has 3 N–H and O–H groups in total. The van der Waals surface area contributed by atoms with Gasteiger partial charge >= 0.3 is 10.3 Å². The molecule has 2 heterocycles. The van der Waals surface area contributed by atoms with Crippen molar-refractivity contribution < 1.29 is 17.4 Å². The Bertz CT molecular complexity index is 1300. The number of rotatable bonds is 9. The molecule has 3 aromatic rings. The van der Waals surface area contributed by atoms with Crippen LogP contribution < -0.4 is 10.5 Å². The second-order valence-electron chi connectivity index (χ2n) is 8.16. The van der Waals surface area contributed by atoms with Gasteiger partial charge in [0.2, 0.25) is 5.78 Å². The minimum atomic E-state index is -3.96. The highest BCUT2D eigenvalue weighted by Gasteiger charge is 2.28. The zero-order chi connectivity index (χ0) is 24.3. The fourth-order valence-corrected chi connectivity index (χ4v) is 5.53. The fraction of sp³-hybridized carbons (Fsp3) is 0.318. The third-order valence-corrected chi connectivity index (χ3v) is 7.76. The molecule has 2 aromatic heterocycles. The van der Waals surface area contributed by atoms with Crippen molar-refractivity contribution in [2.75, 3.05) is 11.9 Å². The van der Waals surface area contributed by atoms with E-state index in [4.69, 9.17) is 32.5 Å². The SMILES string of the molecule is NS(=O)(=O)OCC1CCC(Nc2ncncc2C(=O)c2cc(Cc3ccc(Cl)c(Cl)c3)cs2)C1. The molecule has 4 rings (SSSR count). The van der Waals surface area contributed by atoms with Crippen LogP contribution >= 0.6 is 34.5 Å². The lowest BCUT2D eigenvalue weighted by Crippen LogP contribution is -2.22. The van der Waals surface area contributed by atoms with E-state index in [9.17, 15) is 13.2 Å². The van der Waals surface area contributed by atoms with Gasteiger partial charge in [-0.1, -0.05) is 29.3 Å². The number of carbonyl (C=O) groups is 1. The quantitative estimate of drug-likeness (QED) is 0.383. The van der Waals surface area contributed by atoms with E-state index in [2.05, 4.69) is 15.3 Å². The first-order valence-electron chi connectivity index (χ1n) is 10.5. The van der Waals surface area contributed by atoms with Crippen LogP contribution in [-0.2, 0) is 20.9 Å². The Kier molecular flexibility index (Phi) is 7.86. The summed E-state index contributed by atoms with van der Waals surface area (Å²) in [5, 5.41) is 11.2. The standard InChI is InChI=1S/C22H22Cl2N4O4S2/c23-18-4-2-13(7-19(18)24)5-15-8-20(33-11-15)21(29)17-9-26-12-27-22(17)28-16-3-1-14(6-16)10-32-34(25,30)31/h2,4,7-9,11-12,14,16H,1,3,5-6,10H2,(H2,25,30,31)(H,26,27,28). The van der Waals surface area contributed by atoms with Gasteiger partial charge < -0.3 is 5.32 Å². The van der Waals surface area contributed by atoms with Crippen molar-refractivity contribution in [3.05, 3.63) is 73.8 Å². The molecule has 1 aliphatic rings. The van der Waals surface area contributed by atoms with Gasteiger partial charge in [-0.25, -0.2) is 15.1 Å². The summed E-state index contributed by atoms with van der Waals surface area (Å²) >= 11 is 13.5. The smallest absolute Gasteiger partial charge is 0.333 e. The van der Waals surface area contributed by atoms with Crippen LogP contribution in [0.5, 0.6) is 0 Å². The van der Waals surface area contributed by atoms with Crippen LogP contribution in [0.2, 0.25) is 10.0 Å². The second-order valence-corrected chi connectivity index (χ2v) is 11.1. The molecule has 180 valence electrons. The van der Waals surface area contributed by atoms with Crippen molar-refractivity contribution in [3.8, 4) is 0 Å². The number of halogens is 2. The van der Waals surface area contributed by atoms with Gasteiger partial charge in [-0.15, -0.1) is 11.3 Å². The largest absolute Gasteiger partial charge is 0.367 e. The van der Waals surface area contributed by atoms with Gasteiger partial charge in [-0.3, -0.25) is 8.98 Å². The first-order valence-corrected chi connectivity index (χ1v) is 13.6. The van der Waals surface area contributed by atoms with Crippen molar-refractivity contribution in [1.82, 2.24) is 9.97 Å². The summed E-state index contributed by atoms with van der Waals surface area (Å²) in [5.74, 6) is 0.344. The number of hydrogen-bond donors (Lipinski definition) is 2. The third kappa shape index (κ3) is 6.53. The lowest BCUT2D eigenvalue weighted by molar-refractivity contribution is 0.104. The molecule has 0 bridgehead atoms. The predicted molar refractivity (Wildman–Crippen MR) is 133 cm³/mol. The average molecular weight is 541 g/mol. The van der Waals surface area contributed by atoms with Gasteiger partial charge in [0.15, 0.2) is 0 Å². The Morgan fingerprint density at radius 2 is 2.03 bits per heavy atom. The third-order valence-electron chi connectivity index (χ3n) is 5.58. The van der Waals surface area contributed by atoms with Crippen molar-refractivity contribution >= 4 is 56.4 Å². The Morgan fingerprint density at radius 3 is 2.79 bits per heavy atom. The maximum absolute atomic E-state index is 13.2. The number of aromatic nitrogens is 2. The highest BCUT2D eigenvalue weighted by molar-refractivity contribution is 7.84. The number of nitrogens with two attached hydrogens (primary N) is 1. The number of nitrogens with zero attached hydrogens (tertiary/aromatic N) is 2. The van der Waals surface area contributed by atoms with Crippen LogP contribution in [0.15, 0.2) is 42.2 Å². The Labute approximate surface area is 211 Å². The minimum Gasteiger partial charge on any atom is -0.367 e. The molecule has 0 saturated heterocycles. The number of carbonyl (C=O) groups excluding carboxylic acids is 1. The van der Waals surface area contributed by atoms with Gasteiger partial charge in [0.05, 0.1) is 27.1 Å². The Hall–Kier alpha value is -2.08. The highest BCUT2D eigenvalue weighted by atomic mass is 35.5. The molecular formula is C22H22Cl2N4O4S2. The summed E-state index contributed by atoms with van der Waals surface area (Å²) in [4.78, 5) is 22.1. The molecule has 1 saturated carbocycles. The predicted octanol–water partition coefficient (Wildman–Crippen LogP) is 4.47. The van der Waals surface area contributed by atoms with E-state index in [1.807, 2.05) is 23.6 Å². The number of anilines is 1. The molecule has 2 atom stereocenters. The molecule has 1 aromatic carbocycles. The maximum Gasteiger partial charge on any atom is 0.333 e. The lowest BCUT2D eigenvalue weighted by Gasteiger charge is -2.15. The van der Waals surface area contributed by atoms with E-state index in [0.717, 1.165) is 24.0 Å². The summed E-state index contributed by atoms with van der Waals surface area (Å²) in [6.45, 7) is 0.0450. The molecule has 0 aliphatic heterocycles. The van der Waals surface area contributed by atoms with Gasteiger partial charge in [-0.2, -0.15) is 8.42 Å². The second kappa shape index (κ2) is 10.7. The van der Waals surface area contributed by atoms with Crippen LogP contribution in [0, 0.1) is 5.92 Å². The van der Waals surface area contributed by atoms with Gasteiger partial charge in [0.25, 0.3) is 0 Å². The molecule has 34 heavy (non-hydrogen) atoms. The number of thiophene rings is 1. The average Bonchev–Trinajstić information content (AvgIpc) is 3.44. The molecule has 8 nitrogen and oxygen atoms in total.